The SMILES string of the molecule is C=C/C=C(\C=C)Nc1cc(-c2ccc3c4c(ccc3c2)-c2cc3ccccc3cc2C42c3ccccc3-c3ccccc32)ccc1NC. The summed E-state index contributed by atoms with van der Waals surface area (Å²) in [4.78, 5) is 0. The Hall–Kier alpha value is -6.12. The minimum atomic E-state index is -0.410. The summed E-state index contributed by atoms with van der Waals surface area (Å²) in [5.41, 5.74) is 15.6. The fraction of sp³-hybridized carbons (Fsp3) is 0.0435. The van der Waals surface area contributed by atoms with Crippen molar-refractivity contribution in [1.29, 1.82) is 0 Å². The Kier molecular flexibility index (Phi) is 6.28. The van der Waals surface area contributed by atoms with E-state index in [1.807, 2.05) is 13.1 Å². The minimum Gasteiger partial charge on any atom is -0.386 e. The summed E-state index contributed by atoms with van der Waals surface area (Å²) < 4.78 is 0. The summed E-state index contributed by atoms with van der Waals surface area (Å²) in [6, 6.07) is 49.9. The van der Waals surface area contributed by atoms with Gasteiger partial charge in [0.1, 0.15) is 0 Å². The lowest BCUT2D eigenvalue weighted by atomic mass is 9.69. The summed E-state index contributed by atoms with van der Waals surface area (Å²) in [5, 5.41) is 11.9. The zero-order valence-corrected chi connectivity index (χ0v) is 26.8. The van der Waals surface area contributed by atoms with Gasteiger partial charge in [-0.05, 0) is 120 Å². The molecule has 0 heterocycles. The minimum absolute atomic E-state index is 0.410. The zero-order valence-electron chi connectivity index (χ0n) is 26.8. The first kappa shape index (κ1) is 28.1. The van der Waals surface area contributed by atoms with Gasteiger partial charge in [0.15, 0.2) is 0 Å². The average molecular weight is 615 g/mol. The number of allylic oxidation sites excluding steroid dienone is 3. The molecule has 7 aromatic rings. The fourth-order valence-electron chi connectivity index (χ4n) is 8.33. The van der Waals surface area contributed by atoms with Crippen LogP contribution in [0, 0.1) is 0 Å². The quantitative estimate of drug-likeness (QED) is 0.182. The smallest absolute Gasteiger partial charge is 0.0731 e. The third-order valence-electron chi connectivity index (χ3n) is 10.3. The van der Waals surface area contributed by atoms with E-state index in [0.717, 1.165) is 22.6 Å². The maximum Gasteiger partial charge on any atom is 0.0731 e. The van der Waals surface area contributed by atoms with Crippen LogP contribution in [0.3, 0.4) is 0 Å². The van der Waals surface area contributed by atoms with Crippen LogP contribution in [0.4, 0.5) is 11.4 Å². The van der Waals surface area contributed by atoms with Gasteiger partial charge in [-0.3, -0.25) is 0 Å². The molecule has 0 aliphatic heterocycles. The second-order valence-electron chi connectivity index (χ2n) is 12.7. The summed E-state index contributed by atoms with van der Waals surface area (Å²) in [6.45, 7) is 7.81. The second kappa shape index (κ2) is 10.7. The molecule has 0 saturated heterocycles. The van der Waals surface area contributed by atoms with E-state index in [9.17, 15) is 0 Å². The van der Waals surface area contributed by atoms with Crippen molar-refractivity contribution >= 4 is 32.9 Å². The van der Waals surface area contributed by atoms with Crippen molar-refractivity contribution in [3.05, 3.63) is 193 Å². The summed E-state index contributed by atoms with van der Waals surface area (Å²) in [7, 11) is 1.94. The van der Waals surface area contributed by atoms with Gasteiger partial charge in [0, 0.05) is 12.7 Å². The molecule has 228 valence electrons. The molecule has 2 heteroatoms. The van der Waals surface area contributed by atoms with Gasteiger partial charge >= 0.3 is 0 Å². The molecule has 2 aliphatic carbocycles. The number of anilines is 2. The van der Waals surface area contributed by atoms with Crippen LogP contribution in [-0.4, -0.2) is 7.05 Å². The van der Waals surface area contributed by atoms with E-state index < -0.39 is 5.41 Å². The Morgan fingerprint density at radius 2 is 1.23 bits per heavy atom. The van der Waals surface area contributed by atoms with Crippen LogP contribution >= 0.6 is 0 Å². The number of fused-ring (bicyclic) bond motifs is 13. The van der Waals surface area contributed by atoms with E-state index in [0.29, 0.717) is 0 Å². The molecule has 2 N–H and O–H groups in total. The van der Waals surface area contributed by atoms with Gasteiger partial charge in [0.2, 0.25) is 0 Å². The van der Waals surface area contributed by atoms with Gasteiger partial charge in [-0.25, -0.2) is 0 Å². The maximum absolute atomic E-state index is 3.96. The predicted octanol–water partition coefficient (Wildman–Crippen LogP) is 11.7. The third kappa shape index (κ3) is 3.87. The van der Waals surface area contributed by atoms with Crippen LogP contribution < -0.4 is 10.6 Å². The van der Waals surface area contributed by atoms with Gasteiger partial charge in [-0.15, -0.1) is 0 Å². The van der Waals surface area contributed by atoms with Gasteiger partial charge < -0.3 is 10.6 Å². The highest BCUT2D eigenvalue weighted by Gasteiger charge is 2.52. The summed E-state index contributed by atoms with van der Waals surface area (Å²) >= 11 is 0. The highest BCUT2D eigenvalue weighted by atomic mass is 14.9. The Bertz CT molecular complexity index is 2470. The molecule has 0 radical (unpaired) electrons. The van der Waals surface area contributed by atoms with Gasteiger partial charge in [0.05, 0.1) is 16.8 Å². The van der Waals surface area contributed by atoms with E-state index in [4.69, 9.17) is 0 Å². The molecule has 1 spiro atoms. The lowest BCUT2D eigenvalue weighted by molar-refractivity contribution is 0.802. The van der Waals surface area contributed by atoms with Gasteiger partial charge in [-0.2, -0.15) is 0 Å². The molecule has 0 aromatic heterocycles. The first-order valence-corrected chi connectivity index (χ1v) is 16.5. The first-order valence-electron chi connectivity index (χ1n) is 16.5. The molecular weight excluding hydrogens is 581 g/mol. The van der Waals surface area contributed by atoms with Crippen LogP contribution in [0.2, 0.25) is 0 Å². The monoisotopic (exact) mass is 614 g/mol. The number of hydrogen-bond donors (Lipinski definition) is 2. The van der Waals surface area contributed by atoms with Crippen molar-refractivity contribution in [2.24, 2.45) is 0 Å². The van der Waals surface area contributed by atoms with Crippen molar-refractivity contribution in [1.82, 2.24) is 0 Å². The standard InChI is InChI=1S/C46H34N2/c1-4-12-34(5-2)48-44-28-32(21-24-43(44)47-3)31-19-22-35-33(25-31)20-23-38-39-26-29-13-6-7-14-30(29)27-42(39)46(45(35)38)40-17-10-8-15-36(40)37-16-9-11-18-41(37)46/h4-28,47-48H,1-2H2,3H3/b34-12+. The predicted molar refractivity (Wildman–Crippen MR) is 205 cm³/mol. The lowest BCUT2D eigenvalue weighted by Crippen LogP contribution is -2.26. The molecule has 2 nitrogen and oxygen atoms in total. The maximum atomic E-state index is 3.96. The molecule has 7 aromatic carbocycles. The Morgan fingerprint density at radius 1 is 0.562 bits per heavy atom. The van der Waals surface area contributed by atoms with Crippen molar-refractivity contribution in [3.8, 4) is 33.4 Å². The van der Waals surface area contributed by atoms with Crippen molar-refractivity contribution in [3.63, 3.8) is 0 Å². The normalized spacial score (nSPS) is 13.6. The number of benzene rings is 7. The molecule has 0 unspecified atom stereocenters. The molecule has 2 aliphatic rings. The number of rotatable bonds is 6. The Balaban J connectivity index is 1.30. The molecule has 0 amide bonds. The molecule has 48 heavy (non-hydrogen) atoms. The van der Waals surface area contributed by atoms with Crippen LogP contribution in [0.25, 0.3) is 54.9 Å². The Labute approximate surface area is 281 Å². The fourth-order valence-corrected chi connectivity index (χ4v) is 8.33. The van der Waals surface area contributed by atoms with Crippen LogP contribution in [-0.2, 0) is 5.41 Å². The van der Waals surface area contributed by atoms with Crippen LogP contribution in [0.1, 0.15) is 22.3 Å². The van der Waals surface area contributed by atoms with Crippen molar-refractivity contribution in [2.75, 3.05) is 17.7 Å². The Morgan fingerprint density at radius 3 is 1.94 bits per heavy atom. The second-order valence-corrected chi connectivity index (χ2v) is 12.7. The number of nitrogens with one attached hydrogen (secondary N) is 2. The molecule has 0 fully saturated rings. The molecular formula is C46H34N2. The first-order chi connectivity index (χ1) is 23.6. The lowest BCUT2D eigenvalue weighted by Gasteiger charge is -2.31. The van der Waals surface area contributed by atoms with E-state index in [1.54, 1.807) is 12.2 Å². The average Bonchev–Trinajstić information content (AvgIpc) is 3.60. The highest BCUT2D eigenvalue weighted by molar-refractivity contribution is 6.07. The van der Waals surface area contributed by atoms with Gasteiger partial charge in [-0.1, -0.05) is 122 Å². The van der Waals surface area contributed by atoms with E-state index in [1.165, 1.54) is 71.6 Å². The molecule has 0 bridgehead atoms. The van der Waals surface area contributed by atoms with E-state index in [2.05, 4.69) is 157 Å². The third-order valence-corrected chi connectivity index (χ3v) is 10.3. The van der Waals surface area contributed by atoms with E-state index >= 15 is 0 Å². The van der Waals surface area contributed by atoms with Crippen molar-refractivity contribution in [2.45, 2.75) is 5.41 Å². The largest absolute Gasteiger partial charge is 0.386 e. The van der Waals surface area contributed by atoms with E-state index in [-0.39, 0.29) is 0 Å². The molecule has 0 atom stereocenters. The summed E-state index contributed by atoms with van der Waals surface area (Å²) in [6.07, 6.45) is 5.50. The number of hydrogen-bond acceptors (Lipinski definition) is 2. The van der Waals surface area contributed by atoms with Gasteiger partial charge in [0.25, 0.3) is 0 Å². The molecule has 0 saturated carbocycles. The topological polar surface area (TPSA) is 24.1 Å². The van der Waals surface area contributed by atoms with Crippen molar-refractivity contribution < 1.29 is 0 Å². The molecule has 9 rings (SSSR count). The van der Waals surface area contributed by atoms with Crippen LogP contribution in [0.15, 0.2) is 171 Å². The summed E-state index contributed by atoms with van der Waals surface area (Å²) in [5.74, 6) is 0. The zero-order chi connectivity index (χ0) is 32.4. The van der Waals surface area contributed by atoms with Crippen LogP contribution in [0.5, 0.6) is 0 Å². The highest BCUT2D eigenvalue weighted by Crippen LogP contribution is 2.64.